The predicted molar refractivity (Wildman–Crippen MR) is 89.4 cm³/mol. The number of hydrogen-bond donors (Lipinski definition) is 2. The maximum absolute atomic E-state index is 11.9. The van der Waals surface area contributed by atoms with Crippen LogP contribution in [0.1, 0.15) is 15.9 Å². The van der Waals surface area contributed by atoms with Crippen LogP contribution in [0.5, 0.6) is 0 Å². The number of hydrogen-bond acceptors (Lipinski definition) is 4. The summed E-state index contributed by atoms with van der Waals surface area (Å²) in [5, 5.41) is 5.85. The van der Waals surface area contributed by atoms with E-state index in [1.807, 2.05) is 18.2 Å². The van der Waals surface area contributed by atoms with Gasteiger partial charge in [0, 0.05) is 5.69 Å². The van der Waals surface area contributed by atoms with Gasteiger partial charge in [-0.05, 0) is 36.7 Å². The van der Waals surface area contributed by atoms with Crippen molar-refractivity contribution in [2.45, 2.75) is 6.42 Å². The molecular weight excluding hydrogens is 292 g/mol. The maximum Gasteiger partial charge on any atom is 0.337 e. The molecule has 5 nitrogen and oxygen atoms in total. The van der Waals surface area contributed by atoms with Crippen LogP contribution in [0.2, 0.25) is 0 Å². The highest BCUT2D eigenvalue weighted by Gasteiger charge is 2.07. The number of esters is 1. The molecule has 1 amide bonds. The molecule has 5 heteroatoms. The van der Waals surface area contributed by atoms with Crippen molar-refractivity contribution in [3.05, 3.63) is 65.7 Å². The molecule has 0 fully saturated rings. The zero-order valence-corrected chi connectivity index (χ0v) is 13.0. The van der Waals surface area contributed by atoms with Crippen LogP contribution in [0.25, 0.3) is 0 Å². The Labute approximate surface area is 135 Å². The highest BCUT2D eigenvalue weighted by atomic mass is 16.5. The zero-order valence-electron chi connectivity index (χ0n) is 13.0. The molecule has 2 N–H and O–H groups in total. The lowest BCUT2D eigenvalue weighted by atomic mass is 10.1. The van der Waals surface area contributed by atoms with Crippen molar-refractivity contribution in [2.75, 3.05) is 25.5 Å². The highest BCUT2D eigenvalue weighted by molar-refractivity contribution is 5.95. The molecule has 0 atom stereocenters. The van der Waals surface area contributed by atoms with Crippen molar-refractivity contribution in [1.82, 2.24) is 5.32 Å². The van der Waals surface area contributed by atoms with E-state index in [1.54, 1.807) is 24.3 Å². The van der Waals surface area contributed by atoms with E-state index in [-0.39, 0.29) is 12.5 Å². The van der Waals surface area contributed by atoms with E-state index < -0.39 is 5.97 Å². The Kier molecular flexibility index (Phi) is 6.32. The second-order valence-corrected chi connectivity index (χ2v) is 5.03. The second-order valence-electron chi connectivity index (χ2n) is 5.03. The average molecular weight is 312 g/mol. The lowest BCUT2D eigenvalue weighted by Gasteiger charge is -2.08. The number of rotatable bonds is 7. The number of ether oxygens (including phenoxy) is 1. The molecular formula is C18H20N2O3. The Hall–Kier alpha value is -2.66. The number of methoxy groups -OCH3 is 1. The average Bonchev–Trinajstić information content (AvgIpc) is 2.59. The largest absolute Gasteiger partial charge is 0.465 e. The van der Waals surface area contributed by atoms with Crippen molar-refractivity contribution in [1.29, 1.82) is 0 Å². The summed E-state index contributed by atoms with van der Waals surface area (Å²) in [5.74, 6) is -0.581. The minimum absolute atomic E-state index is 0.153. The third-order valence-electron chi connectivity index (χ3n) is 3.29. The lowest BCUT2D eigenvalue weighted by molar-refractivity contribution is -0.115. The van der Waals surface area contributed by atoms with Crippen molar-refractivity contribution in [3.8, 4) is 0 Å². The van der Waals surface area contributed by atoms with Crippen LogP contribution in [0, 0.1) is 0 Å². The first-order valence-electron chi connectivity index (χ1n) is 7.42. The summed E-state index contributed by atoms with van der Waals surface area (Å²) in [6.45, 7) is 0.939. The fraction of sp³-hybridized carbons (Fsp3) is 0.222. The maximum atomic E-state index is 11.9. The monoisotopic (exact) mass is 312 g/mol. The SMILES string of the molecule is COC(=O)c1cccc(NC(=O)CNCCc2ccccc2)c1. The van der Waals surface area contributed by atoms with Crippen molar-refractivity contribution in [2.24, 2.45) is 0 Å². The van der Waals surface area contributed by atoms with Crippen LogP contribution >= 0.6 is 0 Å². The van der Waals surface area contributed by atoms with Crippen LogP contribution in [0.3, 0.4) is 0 Å². The summed E-state index contributed by atoms with van der Waals surface area (Å²) < 4.78 is 4.65. The van der Waals surface area contributed by atoms with Crippen LogP contribution in [0.15, 0.2) is 54.6 Å². The minimum atomic E-state index is -0.429. The third-order valence-corrected chi connectivity index (χ3v) is 3.29. The summed E-state index contributed by atoms with van der Waals surface area (Å²) >= 11 is 0. The molecule has 120 valence electrons. The normalized spacial score (nSPS) is 10.1. The molecule has 23 heavy (non-hydrogen) atoms. The Morgan fingerprint density at radius 2 is 1.83 bits per heavy atom. The molecule has 0 aliphatic carbocycles. The van der Waals surface area contributed by atoms with Crippen molar-refractivity contribution < 1.29 is 14.3 Å². The molecule has 2 aromatic carbocycles. The zero-order chi connectivity index (χ0) is 16.5. The first-order chi connectivity index (χ1) is 11.2. The van der Waals surface area contributed by atoms with Gasteiger partial charge < -0.3 is 15.4 Å². The van der Waals surface area contributed by atoms with Gasteiger partial charge in [0.15, 0.2) is 0 Å². The molecule has 0 spiro atoms. The van der Waals surface area contributed by atoms with Gasteiger partial charge in [-0.25, -0.2) is 4.79 Å². The van der Waals surface area contributed by atoms with Gasteiger partial charge >= 0.3 is 5.97 Å². The number of benzene rings is 2. The number of nitrogens with one attached hydrogen (secondary N) is 2. The van der Waals surface area contributed by atoms with Crippen LogP contribution < -0.4 is 10.6 Å². The number of carbonyl (C=O) groups is 2. The smallest absolute Gasteiger partial charge is 0.337 e. The summed E-state index contributed by atoms with van der Waals surface area (Å²) in [6.07, 6.45) is 0.867. The topological polar surface area (TPSA) is 67.4 Å². The molecule has 0 aromatic heterocycles. The molecule has 0 bridgehead atoms. The number of amides is 1. The van der Waals surface area contributed by atoms with Gasteiger partial charge in [0.1, 0.15) is 0 Å². The van der Waals surface area contributed by atoms with Gasteiger partial charge in [0.2, 0.25) is 5.91 Å². The molecule has 0 unspecified atom stereocenters. The Balaban J connectivity index is 1.75. The van der Waals surface area contributed by atoms with E-state index in [1.165, 1.54) is 12.7 Å². The molecule has 0 radical (unpaired) electrons. The van der Waals surface area contributed by atoms with E-state index in [0.717, 1.165) is 13.0 Å². The molecule has 0 saturated heterocycles. The molecule has 0 aliphatic rings. The van der Waals surface area contributed by atoms with E-state index in [0.29, 0.717) is 11.3 Å². The third kappa shape index (κ3) is 5.56. The van der Waals surface area contributed by atoms with E-state index in [9.17, 15) is 9.59 Å². The van der Waals surface area contributed by atoms with Gasteiger partial charge in [0.05, 0.1) is 19.2 Å². The van der Waals surface area contributed by atoms with Crippen LogP contribution in [-0.2, 0) is 16.0 Å². The molecule has 0 saturated carbocycles. The van der Waals surface area contributed by atoms with E-state index >= 15 is 0 Å². The molecule has 2 rings (SSSR count). The molecule has 0 heterocycles. The fourth-order valence-corrected chi connectivity index (χ4v) is 2.13. The second kappa shape index (κ2) is 8.70. The fourth-order valence-electron chi connectivity index (χ4n) is 2.13. The van der Waals surface area contributed by atoms with Gasteiger partial charge in [-0.1, -0.05) is 36.4 Å². The number of carbonyl (C=O) groups excluding carboxylic acids is 2. The lowest BCUT2D eigenvalue weighted by Crippen LogP contribution is -2.29. The summed E-state index contributed by atoms with van der Waals surface area (Å²) in [6, 6.07) is 16.7. The van der Waals surface area contributed by atoms with Crippen LogP contribution in [-0.4, -0.2) is 32.1 Å². The molecule has 2 aromatic rings. The first-order valence-corrected chi connectivity index (χ1v) is 7.42. The highest BCUT2D eigenvalue weighted by Crippen LogP contribution is 2.11. The first kappa shape index (κ1) is 16.7. The summed E-state index contributed by atoms with van der Waals surface area (Å²) in [7, 11) is 1.32. The van der Waals surface area contributed by atoms with Crippen molar-refractivity contribution in [3.63, 3.8) is 0 Å². The van der Waals surface area contributed by atoms with E-state index in [2.05, 4.69) is 27.5 Å². The standard InChI is InChI=1S/C18H20N2O3/c1-23-18(22)15-8-5-9-16(12-15)20-17(21)13-19-11-10-14-6-3-2-4-7-14/h2-9,12,19H,10-11,13H2,1H3,(H,20,21). The van der Waals surface area contributed by atoms with Crippen LogP contribution in [0.4, 0.5) is 5.69 Å². The predicted octanol–water partition coefficient (Wildman–Crippen LogP) is 2.24. The summed E-state index contributed by atoms with van der Waals surface area (Å²) in [4.78, 5) is 23.3. The van der Waals surface area contributed by atoms with Gasteiger partial charge in [-0.3, -0.25) is 4.79 Å². The van der Waals surface area contributed by atoms with E-state index in [4.69, 9.17) is 0 Å². The molecule has 0 aliphatic heterocycles. The Morgan fingerprint density at radius 1 is 1.04 bits per heavy atom. The van der Waals surface area contributed by atoms with Gasteiger partial charge in [-0.15, -0.1) is 0 Å². The summed E-state index contributed by atoms with van der Waals surface area (Å²) in [5.41, 5.74) is 2.20. The van der Waals surface area contributed by atoms with Crippen molar-refractivity contribution >= 4 is 17.6 Å². The Bertz CT molecular complexity index is 656. The quantitative estimate of drug-likeness (QED) is 0.608. The van der Waals surface area contributed by atoms with Gasteiger partial charge in [-0.2, -0.15) is 0 Å². The Morgan fingerprint density at radius 3 is 2.57 bits per heavy atom. The van der Waals surface area contributed by atoms with Gasteiger partial charge in [0.25, 0.3) is 0 Å². The number of anilines is 1. The minimum Gasteiger partial charge on any atom is -0.465 e.